The minimum atomic E-state index is -0.381. The number of hydrogen-bond donors (Lipinski definition) is 2. The lowest BCUT2D eigenvalue weighted by Gasteiger charge is -2.06. The maximum Gasteiger partial charge on any atom is 0.339 e. The van der Waals surface area contributed by atoms with E-state index >= 15 is 0 Å². The van der Waals surface area contributed by atoms with E-state index in [0.29, 0.717) is 22.3 Å². The number of carbonyl (C=O) groups excluding carboxylic acids is 1. The summed E-state index contributed by atoms with van der Waals surface area (Å²) in [5, 5.41) is 8.59. The molecular weight excluding hydrogens is 286 g/mol. The van der Waals surface area contributed by atoms with Crippen LogP contribution in [-0.4, -0.2) is 24.3 Å². The summed E-state index contributed by atoms with van der Waals surface area (Å²) in [6, 6.07) is 5.01. The normalized spacial score (nSPS) is 10.2. The van der Waals surface area contributed by atoms with Crippen LogP contribution < -0.4 is 5.73 Å². The number of esters is 1. The summed E-state index contributed by atoms with van der Waals surface area (Å²) in [5.41, 5.74) is 6.57. The van der Waals surface area contributed by atoms with E-state index < -0.39 is 0 Å². The summed E-state index contributed by atoms with van der Waals surface area (Å²) in [6.07, 6.45) is 2.34. The van der Waals surface area contributed by atoms with Gasteiger partial charge < -0.3 is 15.6 Å². The number of benzene rings is 1. The van der Waals surface area contributed by atoms with Crippen LogP contribution in [0, 0.1) is 0 Å². The van der Waals surface area contributed by atoms with Crippen molar-refractivity contribution < 1.29 is 14.6 Å². The maximum absolute atomic E-state index is 11.7. The molecule has 4 nitrogen and oxygen atoms in total. The van der Waals surface area contributed by atoms with Crippen molar-refractivity contribution in [2.45, 2.75) is 19.3 Å². The fourth-order valence-corrected chi connectivity index (χ4v) is 1.74. The smallest absolute Gasteiger partial charge is 0.339 e. The van der Waals surface area contributed by atoms with E-state index in [-0.39, 0.29) is 12.6 Å². The van der Waals surface area contributed by atoms with Crippen LogP contribution in [0.1, 0.15) is 29.6 Å². The second-order valence-corrected chi connectivity index (χ2v) is 4.51. The molecule has 0 aliphatic rings. The zero-order chi connectivity index (χ0) is 12.7. The molecule has 94 valence electrons. The van der Waals surface area contributed by atoms with Crippen LogP contribution in [0.15, 0.2) is 22.7 Å². The Morgan fingerprint density at radius 3 is 2.82 bits per heavy atom. The molecule has 0 saturated heterocycles. The van der Waals surface area contributed by atoms with Gasteiger partial charge >= 0.3 is 5.97 Å². The van der Waals surface area contributed by atoms with Crippen LogP contribution in [0.25, 0.3) is 0 Å². The maximum atomic E-state index is 11.7. The number of carbonyl (C=O) groups is 1. The highest BCUT2D eigenvalue weighted by Crippen LogP contribution is 2.20. The van der Waals surface area contributed by atoms with Gasteiger partial charge in [0.1, 0.15) is 0 Å². The van der Waals surface area contributed by atoms with Crippen LogP contribution >= 0.6 is 15.9 Å². The van der Waals surface area contributed by atoms with E-state index in [2.05, 4.69) is 15.9 Å². The van der Waals surface area contributed by atoms with E-state index in [0.717, 1.165) is 19.3 Å². The summed E-state index contributed by atoms with van der Waals surface area (Å²) >= 11 is 3.28. The minimum Gasteiger partial charge on any atom is -0.462 e. The van der Waals surface area contributed by atoms with E-state index in [4.69, 9.17) is 15.6 Å². The molecule has 0 amide bonds. The number of nitrogen functional groups attached to an aromatic ring is 1. The molecule has 0 fully saturated rings. The minimum absolute atomic E-state index is 0.175. The molecule has 0 bridgehead atoms. The number of rotatable bonds is 6. The van der Waals surface area contributed by atoms with Gasteiger partial charge in [-0.15, -0.1) is 0 Å². The highest BCUT2D eigenvalue weighted by atomic mass is 79.9. The molecule has 0 saturated carbocycles. The molecular formula is C12H16BrNO3. The van der Waals surface area contributed by atoms with Crippen LogP contribution in [0.5, 0.6) is 0 Å². The topological polar surface area (TPSA) is 72.6 Å². The predicted molar refractivity (Wildman–Crippen MR) is 69.8 cm³/mol. The Bertz CT molecular complexity index is 382. The van der Waals surface area contributed by atoms with Crippen LogP contribution in [-0.2, 0) is 4.74 Å². The number of anilines is 1. The molecule has 17 heavy (non-hydrogen) atoms. The predicted octanol–water partition coefficient (Wildman–Crippen LogP) is 2.35. The van der Waals surface area contributed by atoms with Gasteiger partial charge in [-0.25, -0.2) is 4.79 Å². The van der Waals surface area contributed by atoms with Gasteiger partial charge in [-0.05, 0) is 53.4 Å². The van der Waals surface area contributed by atoms with Crippen molar-refractivity contribution in [2.24, 2.45) is 0 Å². The molecule has 0 heterocycles. The molecule has 0 radical (unpaired) electrons. The Hall–Kier alpha value is -1.07. The third-order valence-electron chi connectivity index (χ3n) is 2.25. The quantitative estimate of drug-likeness (QED) is 0.480. The summed E-state index contributed by atoms with van der Waals surface area (Å²) in [4.78, 5) is 11.7. The molecule has 1 aromatic carbocycles. The first-order valence-electron chi connectivity index (χ1n) is 5.48. The molecule has 1 rings (SSSR count). The Labute approximate surface area is 109 Å². The average molecular weight is 302 g/mol. The number of hydrogen-bond acceptors (Lipinski definition) is 4. The molecule has 0 aliphatic carbocycles. The average Bonchev–Trinajstić information content (AvgIpc) is 2.32. The van der Waals surface area contributed by atoms with Gasteiger partial charge in [0.2, 0.25) is 0 Å². The lowest BCUT2D eigenvalue weighted by atomic mass is 10.2. The number of unbranched alkanes of at least 4 members (excludes halogenated alkanes) is 2. The van der Waals surface area contributed by atoms with Crippen molar-refractivity contribution in [1.29, 1.82) is 0 Å². The van der Waals surface area contributed by atoms with E-state index in [9.17, 15) is 4.79 Å². The first-order chi connectivity index (χ1) is 8.15. The van der Waals surface area contributed by atoms with Crippen molar-refractivity contribution in [3.8, 4) is 0 Å². The molecule has 0 aliphatic heterocycles. The molecule has 0 atom stereocenters. The first-order valence-corrected chi connectivity index (χ1v) is 6.27. The largest absolute Gasteiger partial charge is 0.462 e. The van der Waals surface area contributed by atoms with Crippen molar-refractivity contribution in [1.82, 2.24) is 0 Å². The molecule has 0 spiro atoms. The van der Waals surface area contributed by atoms with E-state index in [1.165, 1.54) is 0 Å². The molecule has 5 heteroatoms. The number of ether oxygens (including phenoxy) is 1. The Balaban J connectivity index is 2.44. The van der Waals surface area contributed by atoms with Gasteiger partial charge in [-0.3, -0.25) is 0 Å². The Morgan fingerprint density at radius 1 is 1.35 bits per heavy atom. The van der Waals surface area contributed by atoms with E-state index in [1.54, 1.807) is 18.2 Å². The second kappa shape index (κ2) is 7.29. The Kier molecular flexibility index (Phi) is 6.00. The zero-order valence-corrected chi connectivity index (χ0v) is 11.1. The summed E-state index contributed by atoms with van der Waals surface area (Å²) in [7, 11) is 0. The van der Waals surface area contributed by atoms with Gasteiger partial charge in [0.15, 0.2) is 0 Å². The lowest BCUT2D eigenvalue weighted by molar-refractivity contribution is 0.0496. The lowest BCUT2D eigenvalue weighted by Crippen LogP contribution is -2.08. The summed E-state index contributed by atoms with van der Waals surface area (Å²) < 4.78 is 5.78. The highest BCUT2D eigenvalue weighted by molar-refractivity contribution is 9.10. The third kappa shape index (κ3) is 4.75. The van der Waals surface area contributed by atoms with Gasteiger partial charge in [-0.1, -0.05) is 0 Å². The van der Waals surface area contributed by atoms with Crippen LogP contribution in [0.3, 0.4) is 0 Å². The fourth-order valence-electron chi connectivity index (χ4n) is 1.33. The number of nitrogens with two attached hydrogens (primary N) is 1. The van der Waals surface area contributed by atoms with Gasteiger partial charge in [0, 0.05) is 16.8 Å². The van der Waals surface area contributed by atoms with Crippen molar-refractivity contribution in [2.75, 3.05) is 18.9 Å². The molecule has 0 unspecified atom stereocenters. The SMILES string of the molecule is Nc1ccc(Br)c(C(=O)OCCCCCO)c1. The van der Waals surface area contributed by atoms with Crippen LogP contribution in [0.4, 0.5) is 5.69 Å². The zero-order valence-electron chi connectivity index (χ0n) is 9.49. The van der Waals surface area contributed by atoms with Crippen molar-refractivity contribution in [3.05, 3.63) is 28.2 Å². The van der Waals surface area contributed by atoms with Crippen molar-refractivity contribution in [3.63, 3.8) is 0 Å². The summed E-state index contributed by atoms with van der Waals surface area (Å²) in [5.74, 6) is -0.381. The van der Waals surface area contributed by atoms with Gasteiger partial charge in [0.05, 0.1) is 12.2 Å². The van der Waals surface area contributed by atoms with Crippen LogP contribution in [0.2, 0.25) is 0 Å². The molecule has 0 aromatic heterocycles. The number of aliphatic hydroxyl groups is 1. The standard InChI is InChI=1S/C12H16BrNO3/c13-11-5-4-9(14)8-10(11)12(16)17-7-3-1-2-6-15/h4-5,8,15H,1-3,6-7,14H2. The molecule has 1 aromatic rings. The monoisotopic (exact) mass is 301 g/mol. The highest BCUT2D eigenvalue weighted by Gasteiger charge is 2.11. The first kappa shape index (κ1) is 14.0. The van der Waals surface area contributed by atoms with Gasteiger partial charge in [-0.2, -0.15) is 0 Å². The number of halogens is 1. The van der Waals surface area contributed by atoms with Gasteiger partial charge in [0.25, 0.3) is 0 Å². The van der Waals surface area contributed by atoms with Crippen molar-refractivity contribution >= 4 is 27.6 Å². The number of aliphatic hydroxyl groups excluding tert-OH is 1. The fraction of sp³-hybridized carbons (Fsp3) is 0.417. The van der Waals surface area contributed by atoms with E-state index in [1.807, 2.05) is 0 Å². The third-order valence-corrected chi connectivity index (χ3v) is 2.94. The summed E-state index contributed by atoms with van der Waals surface area (Å²) in [6.45, 7) is 0.536. The Morgan fingerprint density at radius 2 is 2.12 bits per heavy atom. The second-order valence-electron chi connectivity index (χ2n) is 3.66. The molecule has 3 N–H and O–H groups in total.